The van der Waals surface area contributed by atoms with E-state index < -0.39 is 23.8 Å². The van der Waals surface area contributed by atoms with E-state index in [9.17, 15) is 23.1 Å². The number of aromatic nitrogens is 1. The minimum atomic E-state index is -4.38. The summed E-state index contributed by atoms with van der Waals surface area (Å²) in [7, 11) is 1.37. The molecule has 4 aromatic rings. The van der Waals surface area contributed by atoms with Gasteiger partial charge >= 0.3 is 12.1 Å². The Labute approximate surface area is 203 Å². The van der Waals surface area contributed by atoms with Crippen molar-refractivity contribution in [3.8, 4) is 16.3 Å². The van der Waals surface area contributed by atoms with Gasteiger partial charge in [-0.2, -0.15) is 13.2 Å². The molecular weight excluding hydrogens is 479 g/mol. The number of carboxylic acid groups (broad SMARTS) is 1. The molecule has 0 fully saturated rings. The molecule has 182 valence electrons. The SMILES string of the molecule is COC(Cc1ccc(OCc2sc(-c3ccc(C(F)(F)F)cc3)nc2C)c2ccccc12)C(=O)O. The van der Waals surface area contributed by atoms with Crippen LogP contribution >= 0.6 is 11.3 Å². The molecule has 0 aliphatic carbocycles. The Hall–Kier alpha value is -3.43. The first kappa shape index (κ1) is 24.7. The molecule has 0 saturated carbocycles. The summed E-state index contributed by atoms with van der Waals surface area (Å²) in [4.78, 5) is 16.8. The van der Waals surface area contributed by atoms with Crippen molar-refractivity contribution in [2.75, 3.05) is 7.11 Å². The molecule has 3 aromatic carbocycles. The lowest BCUT2D eigenvalue weighted by Crippen LogP contribution is -2.24. The first-order chi connectivity index (χ1) is 16.7. The third-order valence-corrected chi connectivity index (χ3v) is 6.83. The number of benzene rings is 3. The van der Waals surface area contributed by atoms with Gasteiger partial charge in [-0.25, -0.2) is 9.78 Å². The topological polar surface area (TPSA) is 68.7 Å². The summed E-state index contributed by atoms with van der Waals surface area (Å²) < 4.78 is 49.7. The van der Waals surface area contributed by atoms with E-state index in [2.05, 4.69) is 4.98 Å². The number of rotatable bonds is 8. The number of fused-ring (bicyclic) bond motifs is 1. The first-order valence-corrected chi connectivity index (χ1v) is 11.5. The molecule has 1 N–H and O–H groups in total. The van der Waals surface area contributed by atoms with Crippen molar-refractivity contribution in [3.05, 3.63) is 82.4 Å². The van der Waals surface area contributed by atoms with E-state index in [1.54, 1.807) is 6.07 Å². The van der Waals surface area contributed by atoms with Crippen molar-refractivity contribution in [1.29, 1.82) is 0 Å². The number of nitrogens with zero attached hydrogens (tertiary/aromatic N) is 1. The van der Waals surface area contributed by atoms with Crippen LogP contribution in [-0.4, -0.2) is 29.3 Å². The summed E-state index contributed by atoms with van der Waals surface area (Å²) in [6.45, 7) is 2.07. The third kappa shape index (κ3) is 5.47. The molecule has 0 bridgehead atoms. The number of alkyl halides is 3. The number of ether oxygens (including phenoxy) is 2. The number of thiazole rings is 1. The highest BCUT2D eigenvalue weighted by Crippen LogP contribution is 2.34. The van der Waals surface area contributed by atoms with E-state index in [4.69, 9.17) is 9.47 Å². The van der Waals surface area contributed by atoms with Crippen LogP contribution in [0, 0.1) is 6.92 Å². The fraction of sp³-hybridized carbons (Fsp3) is 0.231. The number of carbonyl (C=O) groups is 1. The predicted molar refractivity (Wildman–Crippen MR) is 128 cm³/mol. The molecule has 1 atom stereocenters. The van der Waals surface area contributed by atoms with E-state index in [0.29, 0.717) is 16.3 Å². The average molecular weight is 502 g/mol. The van der Waals surface area contributed by atoms with Crippen LogP contribution in [0.4, 0.5) is 13.2 Å². The number of methoxy groups -OCH3 is 1. The van der Waals surface area contributed by atoms with Gasteiger partial charge in [-0.1, -0.05) is 42.5 Å². The smallest absolute Gasteiger partial charge is 0.416 e. The van der Waals surface area contributed by atoms with Gasteiger partial charge in [-0.3, -0.25) is 0 Å². The second kappa shape index (κ2) is 10.1. The molecule has 0 radical (unpaired) electrons. The maximum atomic E-state index is 12.8. The normalized spacial score (nSPS) is 12.6. The Morgan fingerprint density at radius 1 is 1.06 bits per heavy atom. The Balaban J connectivity index is 1.55. The monoisotopic (exact) mass is 501 g/mol. The van der Waals surface area contributed by atoms with E-state index in [1.807, 2.05) is 37.3 Å². The lowest BCUT2D eigenvalue weighted by Gasteiger charge is -2.15. The average Bonchev–Trinajstić information content (AvgIpc) is 3.21. The Kier molecular flexibility index (Phi) is 7.09. The number of hydrogen-bond donors (Lipinski definition) is 1. The Bertz CT molecular complexity index is 1350. The first-order valence-electron chi connectivity index (χ1n) is 10.7. The lowest BCUT2D eigenvalue weighted by molar-refractivity contribution is -0.148. The minimum Gasteiger partial charge on any atom is -0.487 e. The van der Waals surface area contributed by atoms with Gasteiger partial charge in [0.25, 0.3) is 0 Å². The van der Waals surface area contributed by atoms with Gasteiger partial charge in [0.2, 0.25) is 0 Å². The summed E-state index contributed by atoms with van der Waals surface area (Å²) in [5, 5.41) is 11.7. The van der Waals surface area contributed by atoms with Crippen LogP contribution in [0.25, 0.3) is 21.3 Å². The number of aliphatic carboxylic acids is 1. The molecule has 0 amide bonds. The summed E-state index contributed by atoms with van der Waals surface area (Å²) in [6.07, 6.45) is -5.11. The third-order valence-electron chi connectivity index (χ3n) is 5.65. The Morgan fingerprint density at radius 3 is 2.37 bits per heavy atom. The molecule has 35 heavy (non-hydrogen) atoms. The molecule has 0 aliphatic heterocycles. The zero-order valence-electron chi connectivity index (χ0n) is 18.9. The van der Waals surface area contributed by atoms with Crippen LogP contribution in [0.2, 0.25) is 0 Å². The molecule has 5 nitrogen and oxygen atoms in total. The maximum absolute atomic E-state index is 12.8. The minimum absolute atomic E-state index is 0.219. The van der Waals surface area contributed by atoms with Crippen LogP contribution in [-0.2, 0) is 28.7 Å². The quantitative estimate of drug-likeness (QED) is 0.298. The van der Waals surface area contributed by atoms with Crippen molar-refractivity contribution in [2.24, 2.45) is 0 Å². The van der Waals surface area contributed by atoms with Crippen LogP contribution in [0.5, 0.6) is 5.75 Å². The number of aryl methyl sites for hydroxylation is 1. The summed E-state index contributed by atoms with van der Waals surface area (Å²) in [5.41, 5.74) is 1.49. The van der Waals surface area contributed by atoms with Gasteiger partial charge in [0.1, 0.15) is 17.4 Å². The molecule has 1 heterocycles. The number of carboxylic acids is 1. The van der Waals surface area contributed by atoms with E-state index in [0.717, 1.165) is 39.0 Å². The van der Waals surface area contributed by atoms with E-state index >= 15 is 0 Å². The van der Waals surface area contributed by atoms with Crippen LogP contribution in [0.15, 0.2) is 60.7 Å². The molecular formula is C26H22F3NO4S. The second-order valence-corrected chi connectivity index (χ2v) is 9.01. The van der Waals surface area contributed by atoms with Crippen molar-refractivity contribution in [3.63, 3.8) is 0 Å². The van der Waals surface area contributed by atoms with Crippen molar-refractivity contribution >= 4 is 28.1 Å². The lowest BCUT2D eigenvalue weighted by atomic mass is 9.99. The predicted octanol–water partition coefficient (Wildman–Crippen LogP) is 6.51. The van der Waals surface area contributed by atoms with Gasteiger partial charge in [0.05, 0.1) is 16.1 Å². The zero-order chi connectivity index (χ0) is 25.2. The highest BCUT2D eigenvalue weighted by atomic mass is 32.1. The largest absolute Gasteiger partial charge is 0.487 e. The molecule has 1 unspecified atom stereocenters. The van der Waals surface area contributed by atoms with Crippen molar-refractivity contribution < 1.29 is 32.5 Å². The highest BCUT2D eigenvalue weighted by molar-refractivity contribution is 7.15. The highest BCUT2D eigenvalue weighted by Gasteiger charge is 2.30. The van der Waals surface area contributed by atoms with Crippen LogP contribution in [0.3, 0.4) is 0 Å². The summed E-state index contributed by atoms with van der Waals surface area (Å²) >= 11 is 1.37. The number of hydrogen-bond acceptors (Lipinski definition) is 5. The fourth-order valence-electron chi connectivity index (χ4n) is 3.74. The van der Waals surface area contributed by atoms with Crippen molar-refractivity contribution in [2.45, 2.75) is 32.2 Å². The standard InChI is InChI=1S/C26H22F3NO4S/c1-15-23(35-24(30-15)16-7-10-18(11-8-16)26(27,28)29)14-34-21-12-9-17(13-22(33-2)25(31)32)19-5-3-4-6-20(19)21/h3-12,22H,13-14H2,1-2H3,(H,31,32). The van der Waals surface area contributed by atoms with E-state index in [1.165, 1.54) is 30.6 Å². The van der Waals surface area contributed by atoms with Crippen LogP contribution < -0.4 is 4.74 Å². The van der Waals surface area contributed by atoms with Gasteiger partial charge < -0.3 is 14.6 Å². The van der Waals surface area contributed by atoms with Gasteiger partial charge in [0.15, 0.2) is 6.10 Å². The maximum Gasteiger partial charge on any atom is 0.416 e. The molecule has 0 saturated heterocycles. The summed E-state index contributed by atoms with van der Waals surface area (Å²) in [6, 6.07) is 16.1. The zero-order valence-corrected chi connectivity index (χ0v) is 19.7. The molecule has 9 heteroatoms. The van der Waals surface area contributed by atoms with E-state index in [-0.39, 0.29) is 13.0 Å². The van der Waals surface area contributed by atoms with Crippen LogP contribution in [0.1, 0.15) is 21.7 Å². The second-order valence-electron chi connectivity index (χ2n) is 7.93. The summed E-state index contributed by atoms with van der Waals surface area (Å²) in [5.74, 6) is -0.390. The van der Waals surface area contributed by atoms with Gasteiger partial charge in [0, 0.05) is 24.5 Å². The molecule has 1 aromatic heterocycles. The molecule has 0 aliphatic rings. The van der Waals surface area contributed by atoms with Gasteiger partial charge in [-0.15, -0.1) is 11.3 Å². The van der Waals surface area contributed by atoms with Gasteiger partial charge in [-0.05, 0) is 36.1 Å². The number of halogens is 3. The Morgan fingerprint density at radius 2 is 1.74 bits per heavy atom. The molecule has 4 rings (SSSR count). The fourth-order valence-corrected chi connectivity index (χ4v) is 4.72. The van der Waals surface area contributed by atoms with Crippen molar-refractivity contribution in [1.82, 2.24) is 4.98 Å². The molecule has 0 spiro atoms.